The van der Waals surface area contributed by atoms with Gasteiger partial charge in [0.05, 0.1) is 5.75 Å². The summed E-state index contributed by atoms with van der Waals surface area (Å²) in [5, 5.41) is 0. The fraction of sp³-hybridized carbons (Fsp3) is 0.909. The standard InChI is InChI=1S/C11H22OS/c1-3-5-6-7-8-9-11(12)10-13-4-2/h3-10H2,1-2H3. The first-order valence-electron chi connectivity index (χ1n) is 5.40. The van der Waals surface area contributed by atoms with Gasteiger partial charge in [0.1, 0.15) is 5.78 Å². The maximum atomic E-state index is 11.2. The van der Waals surface area contributed by atoms with Gasteiger partial charge < -0.3 is 0 Å². The van der Waals surface area contributed by atoms with E-state index in [2.05, 4.69) is 13.8 Å². The van der Waals surface area contributed by atoms with Crippen molar-refractivity contribution in [2.75, 3.05) is 11.5 Å². The lowest BCUT2D eigenvalue weighted by Gasteiger charge is -1.99. The summed E-state index contributed by atoms with van der Waals surface area (Å²) in [5.74, 6) is 2.22. The molecule has 0 spiro atoms. The van der Waals surface area contributed by atoms with Gasteiger partial charge >= 0.3 is 0 Å². The summed E-state index contributed by atoms with van der Waals surface area (Å²) in [6, 6.07) is 0. The smallest absolute Gasteiger partial charge is 0.142 e. The summed E-state index contributed by atoms with van der Waals surface area (Å²) in [6.07, 6.45) is 7.03. The van der Waals surface area contributed by atoms with E-state index < -0.39 is 0 Å². The minimum absolute atomic E-state index is 0.434. The van der Waals surface area contributed by atoms with Crippen LogP contribution in [0.5, 0.6) is 0 Å². The molecule has 0 heterocycles. The van der Waals surface area contributed by atoms with Crippen LogP contribution in [0.3, 0.4) is 0 Å². The molecule has 0 aromatic rings. The number of ketones is 1. The third-order valence-electron chi connectivity index (χ3n) is 2.03. The van der Waals surface area contributed by atoms with E-state index in [9.17, 15) is 4.79 Å². The summed E-state index contributed by atoms with van der Waals surface area (Å²) < 4.78 is 0. The molecule has 0 saturated carbocycles. The Morgan fingerprint density at radius 3 is 2.38 bits per heavy atom. The van der Waals surface area contributed by atoms with E-state index in [-0.39, 0.29) is 0 Å². The van der Waals surface area contributed by atoms with Crippen LogP contribution in [-0.2, 0) is 4.79 Å². The van der Waals surface area contributed by atoms with Crippen molar-refractivity contribution in [3.05, 3.63) is 0 Å². The van der Waals surface area contributed by atoms with Crippen LogP contribution < -0.4 is 0 Å². The number of unbranched alkanes of at least 4 members (excludes halogenated alkanes) is 4. The molecule has 0 aliphatic carbocycles. The second-order valence-corrected chi connectivity index (χ2v) is 4.61. The molecular weight excluding hydrogens is 180 g/mol. The summed E-state index contributed by atoms with van der Waals surface area (Å²) in [6.45, 7) is 4.31. The SMILES string of the molecule is CCCCCCCC(=O)CSCC. The first kappa shape index (κ1) is 13.0. The topological polar surface area (TPSA) is 17.1 Å². The molecule has 0 aliphatic heterocycles. The Bertz CT molecular complexity index is 123. The number of thioether (sulfide) groups is 1. The highest BCUT2D eigenvalue weighted by Crippen LogP contribution is 2.07. The molecule has 0 amide bonds. The van der Waals surface area contributed by atoms with Gasteiger partial charge in [-0.1, -0.05) is 39.5 Å². The lowest BCUT2D eigenvalue weighted by atomic mass is 10.1. The first-order valence-corrected chi connectivity index (χ1v) is 6.56. The van der Waals surface area contributed by atoms with E-state index in [0.29, 0.717) is 5.78 Å². The van der Waals surface area contributed by atoms with Crippen LogP contribution in [0.1, 0.15) is 52.4 Å². The number of rotatable bonds is 9. The molecule has 0 bridgehead atoms. The van der Waals surface area contributed by atoms with E-state index in [1.807, 2.05) is 0 Å². The van der Waals surface area contributed by atoms with Gasteiger partial charge in [0, 0.05) is 6.42 Å². The average molecular weight is 202 g/mol. The highest BCUT2D eigenvalue weighted by molar-refractivity contribution is 7.99. The van der Waals surface area contributed by atoms with Crippen molar-refractivity contribution in [1.29, 1.82) is 0 Å². The minimum atomic E-state index is 0.434. The van der Waals surface area contributed by atoms with Gasteiger partial charge in [-0.05, 0) is 12.2 Å². The van der Waals surface area contributed by atoms with Crippen molar-refractivity contribution < 1.29 is 4.79 Å². The van der Waals surface area contributed by atoms with Gasteiger partial charge in [-0.2, -0.15) is 11.8 Å². The fourth-order valence-electron chi connectivity index (χ4n) is 1.21. The van der Waals surface area contributed by atoms with E-state index in [1.54, 1.807) is 11.8 Å². The van der Waals surface area contributed by atoms with Crippen LogP contribution in [0.25, 0.3) is 0 Å². The number of hydrogen-bond acceptors (Lipinski definition) is 2. The minimum Gasteiger partial charge on any atom is -0.299 e. The van der Waals surface area contributed by atoms with Crippen molar-refractivity contribution in [3.8, 4) is 0 Å². The molecule has 0 aromatic carbocycles. The van der Waals surface area contributed by atoms with Gasteiger partial charge in [-0.15, -0.1) is 0 Å². The summed E-state index contributed by atoms with van der Waals surface area (Å²) in [5.41, 5.74) is 0. The Morgan fingerprint density at radius 2 is 1.77 bits per heavy atom. The Kier molecular flexibility index (Phi) is 10.1. The zero-order valence-corrected chi connectivity index (χ0v) is 9.79. The molecule has 0 rings (SSSR count). The molecule has 0 N–H and O–H groups in total. The molecule has 0 unspecified atom stereocenters. The third-order valence-corrected chi connectivity index (χ3v) is 2.96. The van der Waals surface area contributed by atoms with Gasteiger partial charge in [0.2, 0.25) is 0 Å². The molecule has 0 saturated heterocycles. The summed E-state index contributed by atoms with van der Waals surface area (Å²) in [4.78, 5) is 11.2. The van der Waals surface area contributed by atoms with Crippen LogP contribution in [0.4, 0.5) is 0 Å². The van der Waals surface area contributed by atoms with E-state index in [4.69, 9.17) is 0 Å². The summed E-state index contributed by atoms with van der Waals surface area (Å²) >= 11 is 1.73. The molecule has 13 heavy (non-hydrogen) atoms. The molecule has 0 aromatic heterocycles. The molecule has 0 atom stereocenters. The maximum absolute atomic E-state index is 11.2. The molecule has 78 valence electrons. The number of carbonyl (C=O) groups excluding carboxylic acids is 1. The predicted octanol–water partition coefficient (Wildman–Crippen LogP) is 3.67. The van der Waals surface area contributed by atoms with E-state index >= 15 is 0 Å². The normalized spacial score (nSPS) is 10.3. The van der Waals surface area contributed by atoms with Crippen LogP contribution >= 0.6 is 11.8 Å². The van der Waals surface area contributed by atoms with Crippen LogP contribution in [0.2, 0.25) is 0 Å². The van der Waals surface area contributed by atoms with Crippen LogP contribution in [0.15, 0.2) is 0 Å². The second kappa shape index (κ2) is 10.1. The fourth-order valence-corrected chi connectivity index (χ4v) is 1.79. The Morgan fingerprint density at radius 1 is 1.08 bits per heavy atom. The lowest BCUT2D eigenvalue weighted by molar-refractivity contribution is -0.116. The van der Waals surface area contributed by atoms with Crippen LogP contribution in [-0.4, -0.2) is 17.3 Å². The highest BCUT2D eigenvalue weighted by Gasteiger charge is 2.00. The van der Waals surface area contributed by atoms with Crippen molar-refractivity contribution in [3.63, 3.8) is 0 Å². The van der Waals surface area contributed by atoms with Crippen molar-refractivity contribution in [2.24, 2.45) is 0 Å². The zero-order chi connectivity index (χ0) is 9.94. The van der Waals surface area contributed by atoms with Gasteiger partial charge in [-0.3, -0.25) is 4.79 Å². The van der Waals surface area contributed by atoms with E-state index in [0.717, 1.165) is 24.3 Å². The molecule has 0 radical (unpaired) electrons. The van der Waals surface area contributed by atoms with Gasteiger partial charge in [0.15, 0.2) is 0 Å². The van der Waals surface area contributed by atoms with Crippen molar-refractivity contribution in [2.45, 2.75) is 52.4 Å². The van der Waals surface area contributed by atoms with Crippen molar-refractivity contribution in [1.82, 2.24) is 0 Å². The zero-order valence-electron chi connectivity index (χ0n) is 8.97. The quantitative estimate of drug-likeness (QED) is 0.531. The van der Waals surface area contributed by atoms with E-state index in [1.165, 1.54) is 25.7 Å². The largest absolute Gasteiger partial charge is 0.299 e. The van der Waals surface area contributed by atoms with Crippen LogP contribution in [0, 0.1) is 0 Å². The number of carbonyl (C=O) groups is 1. The summed E-state index contributed by atoms with van der Waals surface area (Å²) in [7, 11) is 0. The first-order chi connectivity index (χ1) is 6.31. The molecule has 2 heteroatoms. The predicted molar refractivity (Wildman–Crippen MR) is 61.4 cm³/mol. The third kappa shape index (κ3) is 9.94. The number of hydrogen-bond donors (Lipinski definition) is 0. The Hall–Kier alpha value is 0.0200. The Labute approximate surface area is 86.7 Å². The van der Waals surface area contributed by atoms with Gasteiger partial charge in [-0.25, -0.2) is 0 Å². The average Bonchev–Trinajstić information content (AvgIpc) is 2.14. The van der Waals surface area contributed by atoms with Gasteiger partial charge in [0.25, 0.3) is 0 Å². The highest BCUT2D eigenvalue weighted by atomic mass is 32.2. The monoisotopic (exact) mass is 202 g/mol. The lowest BCUT2D eigenvalue weighted by Crippen LogP contribution is -2.01. The second-order valence-electron chi connectivity index (χ2n) is 3.34. The van der Waals surface area contributed by atoms with Crippen molar-refractivity contribution >= 4 is 17.5 Å². The Balaban J connectivity index is 3.08. The number of Topliss-reactive ketones (excluding diaryl/α,β-unsaturated/α-hetero) is 1. The molecular formula is C11H22OS. The molecule has 1 nitrogen and oxygen atoms in total. The molecule has 0 fully saturated rings. The maximum Gasteiger partial charge on any atom is 0.142 e. The molecule has 0 aliphatic rings.